The number of alkyl halides is 3. The second-order valence-corrected chi connectivity index (χ2v) is 14.9. The van der Waals surface area contributed by atoms with E-state index in [9.17, 15) is 32.3 Å². The number of amides is 3. The van der Waals surface area contributed by atoms with Gasteiger partial charge in [-0.2, -0.15) is 23.4 Å². The highest BCUT2D eigenvalue weighted by molar-refractivity contribution is 6.34. The van der Waals surface area contributed by atoms with E-state index in [0.717, 1.165) is 52.2 Å². The molecule has 4 unspecified atom stereocenters. The number of likely N-dealkylation sites (tertiary alicyclic amines) is 2. The monoisotopic (exact) mass is 739 g/mol. The molecule has 0 radical (unpaired) electrons. The number of aromatic nitrogens is 4. The van der Waals surface area contributed by atoms with Crippen molar-refractivity contribution in [3.63, 3.8) is 0 Å². The molecule has 0 spiro atoms. The Morgan fingerprint density at radius 2 is 1.19 bits per heavy atom. The first-order chi connectivity index (χ1) is 24.9. The third-order valence-electron chi connectivity index (χ3n) is 9.90. The zero-order chi connectivity index (χ0) is 38.8. The Labute approximate surface area is 306 Å². The molecule has 0 aliphatic carbocycles. The van der Waals surface area contributed by atoms with Gasteiger partial charge in [0.15, 0.2) is 6.61 Å². The van der Waals surface area contributed by atoms with Crippen LogP contribution in [0.4, 0.5) is 13.2 Å². The lowest BCUT2D eigenvalue weighted by Gasteiger charge is -2.38. The average Bonchev–Trinajstić information content (AvgIpc) is 3.74. The molecule has 0 saturated carbocycles. The number of ether oxygens (including phenoxy) is 1. The van der Waals surface area contributed by atoms with Crippen LogP contribution in [0.3, 0.4) is 0 Å². The number of piperidine rings is 2. The molecule has 2 aromatic heterocycles. The summed E-state index contributed by atoms with van der Waals surface area (Å²) < 4.78 is 45.0. The lowest BCUT2D eigenvalue weighted by atomic mass is 9.89. The standard InChI is InChI=1S/C20H24F3N3O3.C18H24N4O2/c1-12(2)26-17-7-5-14(8-15(17)9-24-26)16-6-4-13(3)10-25(16)18(27)19(28)29-11-20(21,22)23;1-11(2)22-16-7-5-13(8-14(16)9-20-22)15-6-4-12(3)10-21(15)18(24)17(19)23/h5,7-9,12-13,16H,4,6,10-11H2,1-3H3;5,7-9,11-12,15H,4,6,10H2,1-3H3,(H2,19,23). The second-order valence-electron chi connectivity index (χ2n) is 14.9. The summed E-state index contributed by atoms with van der Waals surface area (Å²) in [6.45, 7) is 11.3. The second kappa shape index (κ2) is 16.0. The summed E-state index contributed by atoms with van der Waals surface area (Å²) in [5.74, 6) is -3.48. The minimum absolute atomic E-state index is 0.104. The highest BCUT2D eigenvalue weighted by Crippen LogP contribution is 2.36. The molecule has 6 rings (SSSR count). The predicted octanol–water partition coefficient (Wildman–Crippen LogP) is 6.42. The number of carbonyl (C=O) groups is 4. The van der Waals surface area contributed by atoms with Crippen LogP contribution in [0.2, 0.25) is 0 Å². The van der Waals surface area contributed by atoms with Crippen molar-refractivity contribution in [2.24, 2.45) is 17.6 Å². The van der Waals surface area contributed by atoms with E-state index in [-0.39, 0.29) is 30.6 Å². The predicted molar refractivity (Wildman–Crippen MR) is 192 cm³/mol. The SMILES string of the molecule is CC1CCC(c2ccc3c(cnn3C(C)C)c2)N(C(=O)C(=O)OCC(F)(F)F)C1.CC1CCC(c2ccc3c(cnn3C(C)C)c2)N(C(=O)C(N)=O)C1. The van der Waals surface area contributed by atoms with E-state index >= 15 is 0 Å². The third-order valence-corrected chi connectivity index (χ3v) is 9.90. The van der Waals surface area contributed by atoms with E-state index in [1.165, 1.54) is 4.90 Å². The van der Waals surface area contributed by atoms with Crippen molar-refractivity contribution in [3.05, 3.63) is 59.9 Å². The summed E-state index contributed by atoms with van der Waals surface area (Å²) in [6, 6.07) is 11.8. The van der Waals surface area contributed by atoms with Crippen LogP contribution in [0.15, 0.2) is 48.8 Å². The van der Waals surface area contributed by atoms with E-state index in [4.69, 9.17) is 5.73 Å². The van der Waals surface area contributed by atoms with Gasteiger partial charge in [0.1, 0.15) is 0 Å². The lowest BCUT2D eigenvalue weighted by molar-refractivity contribution is -0.190. The van der Waals surface area contributed by atoms with E-state index < -0.39 is 42.5 Å². The number of hydrogen-bond acceptors (Lipinski definition) is 7. The van der Waals surface area contributed by atoms with Crippen molar-refractivity contribution in [1.82, 2.24) is 29.4 Å². The van der Waals surface area contributed by atoms with Crippen LogP contribution in [-0.2, 0) is 23.9 Å². The summed E-state index contributed by atoms with van der Waals surface area (Å²) in [5, 5.41) is 10.8. The minimum Gasteiger partial charge on any atom is -0.449 e. The number of hydrogen-bond donors (Lipinski definition) is 1. The fraction of sp³-hybridized carbons (Fsp3) is 0.526. The molecule has 15 heteroatoms. The van der Waals surface area contributed by atoms with Crippen LogP contribution in [-0.4, -0.2) is 78.9 Å². The Morgan fingerprint density at radius 3 is 1.58 bits per heavy atom. The molecule has 2 aliphatic heterocycles. The third kappa shape index (κ3) is 8.99. The van der Waals surface area contributed by atoms with Gasteiger partial charge in [-0.3, -0.25) is 23.7 Å². The molecule has 12 nitrogen and oxygen atoms in total. The molecule has 2 N–H and O–H groups in total. The average molecular weight is 740 g/mol. The van der Waals surface area contributed by atoms with Gasteiger partial charge in [0.05, 0.1) is 35.5 Å². The molecule has 4 heterocycles. The first-order valence-electron chi connectivity index (χ1n) is 18.0. The number of fused-ring (bicyclic) bond motifs is 2. The summed E-state index contributed by atoms with van der Waals surface area (Å²) in [7, 11) is 0. The molecule has 4 atom stereocenters. The van der Waals surface area contributed by atoms with Gasteiger partial charge in [-0.15, -0.1) is 0 Å². The molecule has 0 bridgehead atoms. The van der Waals surface area contributed by atoms with Crippen molar-refractivity contribution in [2.45, 2.75) is 97.6 Å². The summed E-state index contributed by atoms with van der Waals surface area (Å²) in [6.07, 6.45) is 2.24. The number of rotatable bonds is 5. The largest absolute Gasteiger partial charge is 0.449 e. The molecule has 53 heavy (non-hydrogen) atoms. The topological polar surface area (TPSA) is 146 Å². The maximum absolute atomic E-state index is 12.6. The van der Waals surface area contributed by atoms with E-state index in [2.05, 4.69) is 41.8 Å². The zero-order valence-corrected chi connectivity index (χ0v) is 31.0. The number of halogens is 3. The highest BCUT2D eigenvalue weighted by atomic mass is 19.4. The molecular weight excluding hydrogens is 691 g/mol. The molecule has 4 aromatic rings. The van der Waals surface area contributed by atoms with Crippen molar-refractivity contribution < 1.29 is 37.1 Å². The number of benzene rings is 2. The first-order valence-corrected chi connectivity index (χ1v) is 18.0. The highest BCUT2D eigenvalue weighted by Gasteiger charge is 2.38. The number of carbonyl (C=O) groups excluding carboxylic acids is 4. The lowest BCUT2D eigenvalue weighted by Crippen LogP contribution is -2.46. The molecule has 3 amide bonds. The quantitative estimate of drug-likeness (QED) is 0.184. The van der Waals surface area contributed by atoms with Crippen LogP contribution in [0.25, 0.3) is 21.8 Å². The van der Waals surface area contributed by atoms with Crippen molar-refractivity contribution >= 4 is 45.5 Å². The Balaban J connectivity index is 0.000000208. The van der Waals surface area contributed by atoms with E-state index in [1.54, 1.807) is 11.1 Å². The van der Waals surface area contributed by atoms with Gasteiger partial charge < -0.3 is 20.3 Å². The molecule has 286 valence electrons. The van der Waals surface area contributed by atoms with Crippen LogP contribution >= 0.6 is 0 Å². The van der Waals surface area contributed by atoms with Crippen LogP contribution in [0.5, 0.6) is 0 Å². The van der Waals surface area contributed by atoms with E-state index in [1.807, 2.05) is 66.7 Å². The molecule has 2 aromatic carbocycles. The van der Waals surface area contributed by atoms with Gasteiger partial charge in [0, 0.05) is 35.9 Å². The summed E-state index contributed by atoms with van der Waals surface area (Å²) in [4.78, 5) is 51.1. The van der Waals surface area contributed by atoms with Gasteiger partial charge in [0.25, 0.3) is 0 Å². The first kappa shape index (κ1) is 39.3. The maximum Gasteiger partial charge on any atom is 0.422 e. The number of esters is 1. The molecule has 2 aliphatic rings. The summed E-state index contributed by atoms with van der Waals surface area (Å²) in [5.41, 5.74) is 9.12. The molecule has 2 fully saturated rings. The van der Waals surface area contributed by atoms with Gasteiger partial charge in [-0.1, -0.05) is 26.0 Å². The smallest absolute Gasteiger partial charge is 0.422 e. The Hall–Kier alpha value is -4.95. The van der Waals surface area contributed by atoms with Crippen LogP contribution < -0.4 is 5.73 Å². The van der Waals surface area contributed by atoms with Crippen LogP contribution in [0, 0.1) is 11.8 Å². The number of nitrogens with two attached hydrogens (primary N) is 1. The van der Waals surface area contributed by atoms with Gasteiger partial charge in [-0.05, 0) is 101 Å². The Morgan fingerprint density at radius 1 is 0.755 bits per heavy atom. The number of primary amides is 1. The molecular formula is C38H48F3N7O5. The minimum atomic E-state index is -4.67. The van der Waals surface area contributed by atoms with Crippen molar-refractivity contribution in [1.29, 1.82) is 0 Å². The van der Waals surface area contributed by atoms with Crippen LogP contribution in [0.1, 0.15) is 103 Å². The number of nitrogens with zero attached hydrogens (tertiary/aromatic N) is 6. The van der Waals surface area contributed by atoms with Gasteiger partial charge in [-0.25, -0.2) is 4.79 Å². The normalized spacial score (nSPS) is 20.8. The zero-order valence-electron chi connectivity index (χ0n) is 31.0. The van der Waals surface area contributed by atoms with Gasteiger partial charge >= 0.3 is 29.9 Å². The van der Waals surface area contributed by atoms with Gasteiger partial charge in [0.2, 0.25) is 0 Å². The van der Waals surface area contributed by atoms with Crippen molar-refractivity contribution in [2.75, 3.05) is 19.7 Å². The maximum atomic E-state index is 12.6. The van der Waals surface area contributed by atoms with E-state index in [0.29, 0.717) is 18.9 Å². The fourth-order valence-corrected chi connectivity index (χ4v) is 7.30. The summed E-state index contributed by atoms with van der Waals surface area (Å²) >= 11 is 0. The Kier molecular flexibility index (Phi) is 11.8. The Bertz CT molecular complexity index is 1970. The fourth-order valence-electron chi connectivity index (χ4n) is 7.30. The van der Waals surface area contributed by atoms with Crippen molar-refractivity contribution in [3.8, 4) is 0 Å². The molecule has 2 saturated heterocycles.